The summed E-state index contributed by atoms with van der Waals surface area (Å²) in [4.78, 5) is 14.0. The fraction of sp³-hybridized carbons (Fsp3) is 0.643. The molecule has 1 aliphatic carbocycles. The molecule has 1 aromatic rings. The van der Waals surface area contributed by atoms with E-state index in [0.717, 1.165) is 30.9 Å². The number of methoxy groups -OCH3 is 1. The number of ether oxygens (including phenoxy) is 1. The van der Waals surface area contributed by atoms with E-state index < -0.39 is 0 Å². The van der Waals surface area contributed by atoms with Gasteiger partial charge in [0.25, 0.3) is 5.91 Å². The molecule has 0 aromatic carbocycles. The molecule has 1 aromatic heterocycles. The van der Waals surface area contributed by atoms with E-state index in [1.165, 1.54) is 17.7 Å². The second kappa shape index (κ2) is 5.85. The van der Waals surface area contributed by atoms with Crippen molar-refractivity contribution in [1.29, 1.82) is 0 Å². The highest BCUT2D eigenvalue weighted by Crippen LogP contribution is 2.37. The van der Waals surface area contributed by atoms with Gasteiger partial charge in [0.05, 0.1) is 11.5 Å². The molecule has 1 amide bonds. The van der Waals surface area contributed by atoms with E-state index in [0.29, 0.717) is 0 Å². The minimum atomic E-state index is 0.0514. The zero-order valence-corrected chi connectivity index (χ0v) is 11.9. The van der Waals surface area contributed by atoms with Crippen LogP contribution in [0.3, 0.4) is 0 Å². The molecule has 0 spiro atoms. The number of amides is 1. The van der Waals surface area contributed by atoms with Gasteiger partial charge in [-0.05, 0) is 31.9 Å². The molecule has 1 N–H and O–H groups in total. The second-order valence-corrected chi connectivity index (χ2v) is 6.52. The SMILES string of the molecule is COCC1(CNC(=O)c2ccc(C)s2)CCCC1. The van der Waals surface area contributed by atoms with Crippen LogP contribution < -0.4 is 5.32 Å². The lowest BCUT2D eigenvalue weighted by atomic mass is 9.87. The Hall–Kier alpha value is -0.870. The maximum Gasteiger partial charge on any atom is 0.261 e. The summed E-state index contributed by atoms with van der Waals surface area (Å²) < 4.78 is 5.32. The largest absolute Gasteiger partial charge is 0.384 e. The van der Waals surface area contributed by atoms with Gasteiger partial charge in [0.15, 0.2) is 0 Å². The van der Waals surface area contributed by atoms with Gasteiger partial charge in [0.1, 0.15) is 0 Å². The first-order valence-electron chi connectivity index (χ1n) is 6.49. The molecule has 0 unspecified atom stereocenters. The third-order valence-corrected chi connectivity index (χ3v) is 4.70. The van der Waals surface area contributed by atoms with Crippen molar-refractivity contribution in [3.05, 3.63) is 21.9 Å². The summed E-state index contributed by atoms with van der Waals surface area (Å²) in [6, 6.07) is 3.88. The van der Waals surface area contributed by atoms with Gasteiger partial charge in [0.2, 0.25) is 0 Å². The zero-order chi connectivity index (χ0) is 13.0. The summed E-state index contributed by atoms with van der Waals surface area (Å²) in [5.74, 6) is 0.0514. The number of nitrogens with one attached hydrogen (secondary N) is 1. The van der Waals surface area contributed by atoms with Gasteiger partial charge in [-0.15, -0.1) is 11.3 Å². The summed E-state index contributed by atoms with van der Waals surface area (Å²) in [5, 5.41) is 3.07. The Labute approximate surface area is 113 Å². The minimum absolute atomic E-state index is 0.0514. The number of aryl methyl sites for hydroxylation is 1. The van der Waals surface area contributed by atoms with Crippen LogP contribution in [0.1, 0.15) is 40.2 Å². The van der Waals surface area contributed by atoms with Crippen LogP contribution in [0.15, 0.2) is 12.1 Å². The number of hydrogen-bond acceptors (Lipinski definition) is 3. The highest BCUT2D eigenvalue weighted by molar-refractivity contribution is 7.13. The van der Waals surface area contributed by atoms with Gasteiger partial charge in [-0.3, -0.25) is 4.79 Å². The average molecular weight is 267 g/mol. The van der Waals surface area contributed by atoms with E-state index in [9.17, 15) is 4.79 Å². The quantitative estimate of drug-likeness (QED) is 0.890. The summed E-state index contributed by atoms with van der Waals surface area (Å²) in [5.41, 5.74) is 0.163. The summed E-state index contributed by atoms with van der Waals surface area (Å²) in [6.07, 6.45) is 4.81. The Kier molecular flexibility index (Phi) is 4.40. The van der Waals surface area contributed by atoms with Crippen LogP contribution in [0.25, 0.3) is 0 Å². The molecule has 2 rings (SSSR count). The van der Waals surface area contributed by atoms with Crippen molar-refractivity contribution in [2.75, 3.05) is 20.3 Å². The fourth-order valence-corrected chi connectivity index (χ4v) is 3.50. The molecule has 1 aliphatic rings. The van der Waals surface area contributed by atoms with Crippen LogP contribution in [0.5, 0.6) is 0 Å². The lowest BCUT2D eigenvalue weighted by Crippen LogP contribution is -2.38. The lowest BCUT2D eigenvalue weighted by Gasteiger charge is -2.28. The molecular formula is C14H21NO2S. The van der Waals surface area contributed by atoms with Gasteiger partial charge in [-0.1, -0.05) is 12.8 Å². The fourth-order valence-electron chi connectivity index (χ4n) is 2.71. The molecular weight excluding hydrogens is 246 g/mol. The topological polar surface area (TPSA) is 38.3 Å². The molecule has 4 heteroatoms. The molecule has 1 saturated carbocycles. The van der Waals surface area contributed by atoms with Gasteiger partial charge < -0.3 is 10.1 Å². The number of thiophene rings is 1. The van der Waals surface area contributed by atoms with E-state index in [1.54, 1.807) is 18.4 Å². The summed E-state index contributed by atoms with van der Waals surface area (Å²) in [6.45, 7) is 3.50. The second-order valence-electron chi connectivity index (χ2n) is 5.23. The van der Waals surface area contributed by atoms with E-state index >= 15 is 0 Å². The Morgan fingerprint density at radius 3 is 2.72 bits per heavy atom. The first kappa shape index (κ1) is 13.6. The molecule has 0 atom stereocenters. The molecule has 0 radical (unpaired) electrons. The highest BCUT2D eigenvalue weighted by Gasteiger charge is 2.34. The van der Waals surface area contributed by atoms with Gasteiger partial charge in [-0.2, -0.15) is 0 Å². The maximum absolute atomic E-state index is 12.0. The smallest absolute Gasteiger partial charge is 0.261 e. The van der Waals surface area contributed by atoms with Crippen LogP contribution in [0, 0.1) is 12.3 Å². The third-order valence-electron chi connectivity index (χ3n) is 3.70. The third kappa shape index (κ3) is 3.12. The van der Waals surface area contributed by atoms with Crippen molar-refractivity contribution >= 4 is 17.2 Å². The maximum atomic E-state index is 12.0. The van der Waals surface area contributed by atoms with E-state index in [-0.39, 0.29) is 11.3 Å². The molecule has 0 aliphatic heterocycles. The Balaban J connectivity index is 1.91. The van der Waals surface area contributed by atoms with Crippen molar-refractivity contribution in [2.45, 2.75) is 32.6 Å². The number of carbonyl (C=O) groups is 1. The zero-order valence-electron chi connectivity index (χ0n) is 11.1. The Morgan fingerprint density at radius 2 is 2.17 bits per heavy atom. The Bertz CT molecular complexity index is 408. The predicted octanol–water partition coefficient (Wildman–Crippen LogP) is 2.99. The monoisotopic (exact) mass is 267 g/mol. The number of hydrogen-bond donors (Lipinski definition) is 1. The molecule has 3 nitrogen and oxygen atoms in total. The van der Waals surface area contributed by atoms with Crippen LogP contribution in [-0.2, 0) is 4.74 Å². The average Bonchev–Trinajstić information content (AvgIpc) is 2.97. The van der Waals surface area contributed by atoms with Crippen LogP contribution in [0.2, 0.25) is 0 Å². The van der Waals surface area contributed by atoms with Gasteiger partial charge in [0, 0.05) is 23.9 Å². The van der Waals surface area contributed by atoms with Gasteiger partial charge >= 0.3 is 0 Å². The van der Waals surface area contributed by atoms with Gasteiger partial charge in [-0.25, -0.2) is 0 Å². The van der Waals surface area contributed by atoms with Crippen LogP contribution in [-0.4, -0.2) is 26.2 Å². The predicted molar refractivity (Wildman–Crippen MR) is 74.2 cm³/mol. The number of rotatable bonds is 5. The van der Waals surface area contributed by atoms with E-state index in [2.05, 4.69) is 5.32 Å². The molecule has 1 heterocycles. The van der Waals surface area contributed by atoms with E-state index in [4.69, 9.17) is 4.74 Å². The standard InChI is InChI=1S/C14H21NO2S/c1-11-5-6-12(18-11)13(16)15-9-14(10-17-2)7-3-4-8-14/h5-6H,3-4,7-10H2,1-2H3,(H,15,16). The minimum Gasteiger partial charge on any atom is -0.384 e. The molecule has 0 bridgehead atoms. The number of carbonyl (C=O) groups excluding carboxylic acids is 1. The van der Waals surface area contributed by atoms with E-state index in [1.807, 2.05) is 19.1 Å². The molecule has 100 valence electrons. The van der Waals surface area contributed by atoms with Crippen molar-refractivity contribution in [3.8, 4) is 0 Å². The first-order chi connectivity index (χ1) is 8.65. The highest BCUT2D eigenvalue weighted by atomic mass is 32.1. The van der Waals surface area contributed by atoms with Crippen molar-refractivity contribution in [3.63, 3.8) is 0 Å². The first-order valence-corrected chi connectivity index (χ1v) is 7.30. The van der Waals surface area contributed by atoms with Crippen molar-refractivity contribution in [2.24, 2.45) is 5.41 Å². The normalized spacial score (nSPS) is 17.9. The van der Waals surface area contributed by atoms with Crippen LogP contribution >= 0.6 is 11.3 Å². The Morgan fingerprint density at radius 1 is 1.44 bits per heavy atom. The molecule has 18 heavy (non-hydrogen) atoms. The van der Waals surface area contributed by atoms with Crippen molar-refractivity contribution < 1.29 is 9.53 Å². The molecule has 0 saturated heterocycles. The van der Waals surface area contributed by atoms with Crippen LogP contribution in [0.4, 0.5) is 0 Å². The molecule has 1 fully saturated rings. The summed E-state index contributed by atoms with van der Waals surface area (Å²) >= 11 is 1.55. The lowest BCUT2D eigenvalue weighted by molar-refractivity contribution is 0.0742. The van der Waals surface area contributed by atoms with Crippen molar-refractivity contribution in [1.82, 2.24) is 5.32 Å². The summed E-state index contributed by atoms with van der Waals surface area (Å²) in [7, 11) is 1.74.